The van der Waals surface area contributed by atoms with Crippen LogP contribution in [0.4, 0.5) is 0 Å². The zero-order valence-corrected chi connectivity index (χ0v) is 7.38. The molecule has 0 bridgehead atoms. The number of allylic oxidation sites excluding steroid dienone is 2. The number of hydrogen-bond acceptors (Lipinski definition) is 2. The Morgan fingerprint density at radius 1 is 1.33 bits per heavy atom. The van der Waals surface area contributed by atoms with Crippen LogP contribution in [0.3, 0.4) is 0 Å². The van der Waals surface area contributed by atoms with E-state index in [1.54, 1.807) is 0 Å². The van der Waals surface area contributed by atoms with Crippen molar-refractivity contribution >= 4 is 6.29 Å². The summed E-state index contributed by atoms with van der Waals surface area (Å²) in [6.45, 7) is 0. The highest BCUT2D eigenvalue weighted by atomic mass is 16.3. The van der Waals surface area contributed by atoms with Gasteiger partial charge in [-0.1, -0.05) is 0 Å². The van der Waals surface area contributed by atoms with Gasteiger partial charge in [-0.15, -0.1) is 0 Å². The highest BCUT2D eigenvalue weighted by Gasteiger charge is 2.12. The lowest BCUT2D eigenvalue weighted by Gasteiger charge is -2.00. The van der Waals surface area contributed by atoms with Gasteiger partial charge in [0.1, 0.15) is 6.29 Å². The third kappa shape index (κ3) is 2.68. The topological polar surface area (TPSA) is 37.3 Å². The van der Waals surface area contributed by atoms with Gasteiger partial charge in [0.15, 0.2) is 0 Å². The predicted molar refractivity (Wildman–Crippen MR) is 48.0 cm³/mol. The molecular formula is C10H16O2. The normalized spacial score (nSPS) is 17.0. The van der Waals surface area contributed by atoms with E-state index >= 15 is 0 Å². The molecule has 68 valence electrons. The van der Waals surface area contributed by atoms with Crippen molar-refractivity contribution in [3.8, 4) is 0 Å². The van der Waals surface area contributed by atoms with Gasteiger partial charge in [0.25, 0.3) is 0 Å². The van der Waals surface area contributed by atoms with Crippen LogP contribution in [0.5, 0.6) is 0 Å². The molecule has 0 aromatic carbocycles. The average molecular weight is 168 g/mol. The van der Waals surface area contributed by atoms with Crippen molar-refractivity contribution in [1.29, 1.82) is 0 Å². The standard InChI is InChI=1S/C10H16O2/c11-8-3-1-2-5-9-6-4-7-10(9)12/h8,12H,1-7H2. The third-order valence-corrected chi connectivity index (χ3v) is 2.35. The summed E-state index contributed by atoms with van der Waals surface area (Å²) in [5.74, 6) is 0.612. The molecule has 0 aromatic heterocycles. The molecule has 0 spiro atoms. The molecule has 1 aliphatic rings. The Balaban J connectivity index is 2.14. The summed E-state index contributed by atoms with van der Waals surface area (Å²) < 4.78 is 0. The summed E-state index contributed by atoms with van der Waals surface area (Å²) >= 11 is 0. The molecule has 0 saturated heterocycles. The maximum Gasteiger partial charge on any atom is 0.119 e. The molecule has 12 heavy (non-hydrogen) atoms. The number of aldehydes is 1. The number of carbonyl (C=O) groups is 1. The second-order valence-corrected chi connectivity index (χ2v) is 3.32. The lowest BCUT2D eigenvalue weighted by atomic mass is 10.1. The van der Waals surface area contributed by atoms with Crippen LogP contribution in [-0.4, -0.2) is 11.4 Å². The minimum absolute atomic E-state index is 0.612. The molecule has 0 unspecified atom stereocenters. The number of aliphatic hydroxyl groups excluding tert-OH is 1. The minimum atomic E-state index is 0.612. The van der Waals surface area contributed by atoms with Gasteiger partial charge in [-0.25, -0.2) is 0 Å². The largest absolute Gasteiger partial charge is 0.512 e. The highest BCUT2D eigenvalue weighted by Crippen LogP contribution is 2.27. The van der Waals surface area contributed by atoms with Gasteiger partial charge in [0.2, 0.25) is 0 Å². The summed E-state index contributed by atoms with van der Waals surface area (Å²) in [7, 11) is 0. The zero-order valence-electron chi connectivity index (χ0n) is 7.38. The molecule has 0 aliphatic heterocycles. The molecule has 0 aromatic rings. The Kier molecular flexibility index (Phi) is 3.85. The van der Waals surface area contributed by atoms with E-state index in [2.05, 4.69) is 0 Å². The van der Waals surface area contributed by atoms with Crippen LogP contribution in [0.15, 0.2) is 11.3 Å². The van der Waals surface area contributed by atoms with Crippen LogP contribution in [-0.2, 0) is 4.79 Å². The Labute approximate surface area is 73.3 Å². The molecule has 0 heterocycles. The Morgan fingerprint density at radius 2 is 2.17 bits per heavy atom. The Morgan fingerprint density at radius 3 is 2.75 bits per heavy atom. The maximum atomic E-state index is 10.0. The fourth-order valence-corrected chi connectivity index (χ4v) is 1.63. The van der Waals surface area contributed by atoms with Crippen molar-refractivity contribution in [2.24, 2.45) is 0 Å². The van der Waals surface area contributed by atoms with E-state index in [4.69, 9.17) is 0 Å². The van der Waals surface area contributed by atoms with Crippen LogP contribution in [0.2, 0.25) is 0 Å². The Hall–Kier alpha value is -0.790. The van der Waals surface area contributed by atoms with Crippen molar-refractivity contribution in [3.63, 3.8) is 0 Å². The molecule has 1 aliphatic carbocycles. The SMILES string of the molecule is O=CCCCCC1=C(O)CCC1. The summed E-state index contributed by atoms with van der Waals surface area (Å²) in [4.78, 5) is 10.0. The van der Waals surface area contributed by atoms with Crippen LogP contribution in [0.1, 0.15) is 44.9 Å². The van der Waals surface area contributed by atoms with Crippen molar-refractivity contribution in [2.45, 2.75) is 44.9 Å². The second kappa shape index (κ2) is 4.96. The van der Waals surface area contributed by atoms with E-state index in [0.29, 0.717) is 12.2 Å². The van der Waals surface area contributed by atoms with Crippen molar-refractivity contribution < 1.29 is 9.90 Å². The smallest absolute Gasteiger partial charge is 0.119 e. The molecule has 0 atom stereocenters. The first kappa shape index (κ1) is 9.30. The van der Waals surface area contributed by atoms with E-state index in [1.165, 1.54) is 5.57 Å². The van der Waals surface area contributed by atoms with Gasteiger partial charge >= 0.3 is 0 Å². The number of hydrogen-bond donors (Lipinski definition) is 1. The van der Waals surface area contributed by atoms with Crippen LogP contribution < -0.4 is 0 Å². The molecule has 2 nitrogen and oxygen atoms in total. The first-order chi connectivity index (χ1) is 5.84. The fourth-order valence-electron chi connectivity index (χ4n) is 1.63. The van der Waals surface area contributed by atoms with E-state index < -0.39 is 0 Å². The van der Waals surface area contributed by atoms with Crippen molar-refractivity contribution in [2.75, 3.05) is 0 Å². The summed E-state index contributed by atoms with van der Waals surface area (Å²) in [6, 6.07) is 0. The lowest BCUT2D eigenvalue weighted by Crippen LogP contribution is -1.85. The molecule has 0 fully saturated rings. The first-order valence-corrected chi connectivity index (χ1v) is 4.68. The number of rotatable bonds is 5. The summed E-state index contributed by atoms with van der Waals surface area (Å²) in [6.07, 6.45) is 7.64. The van der Waals surface area contributed by atoms with E-state index in [-0.39, 0.29) is 0 Å². The molecule has 1 N–H and O–H groups in total. The van der Waals surface area contributed by atoms with Gasteiger partial charge in [-0.05, 0) is 37.7 Å². The number of aliphatic hydroxyl groups is 1. The maximum absolute atomic E-state index is 10.0. The second-order valence-electron chi connectivity index (χ2n) is 3.32. The van der Waals surface area contributed by atoms with Gasteiger partial charge in [0.05, 0.1) is 5.76 Å². The lowest BCUT2D eigenvalue weighted by molar-refractivity contribution is -0.107. The van der Waals surface area contributed by atoms with Crippen LogP contribution in [0.25, 0.3) is 0 Å². The average Bonchev–Trinajstić information content (AvgIpc) is 2.46. The highest BCUT2D eigenvalue weighted by molar-refractivity contribution is 5.48. The number of carbonyl (C=O) groups excluding carboxylic acids is 1. The van der Waals surface area contributed by atoms with E-state index in [1.807, 2.05) is 0 Å². The molecule has 0 radical (unpaired) electrons. The van der Waals surface area contributed by atoms with Crippen molar-refractivity contribution in [1.82, 2.24) is 0 Å². The summed E-state index contributed by atoms with van der Waals surface area (Å²) in [5.41, 5.74) is 1.22. The van der Waals surface area contributed by atoms with Gasteiger partial charge in [0, 0.05) is 12.8 Å². The third-order valence-electron chi connectivity index (χ3n) is 2.35. The zero-order chi connectivity index (χ0) is 8.81. The van der Waals surface area contributed by atoms with Crippen LogP contribution in [0, 0.1) is 0 Å². The van der Waals surface area contributed by atoms with E-state index in [0.717, 1.165) is 44.8 Å². The van der Waals surface area contributed by atoms with Gasteiger partial charge in [-0.2, -0.15) is 0 Å². The quantitative estimate of drug-likeness (QED) is 0.506. The monoisotopic (exact) mass is 168 g/mol. The van der Waals surface area contributed by atoms with Crippen LogP contribution >= 0.6 is 0 Å². The number of unbranched alkanes of at least 4 members (excludes halogenated alkanes) is 2. The van der Waals surface area contributed by atoms with Crippen molar-refractivity contribution in [3.05, 3.63) is 11.3 Å². The van der Waals surface area contributed by atoms with Gasteiger partial charge < -0.3 is 9.90 Å². The Bertz CT molecular complexity index is 182. The molecular weight excluding hydrogens is 152 g/mol. The van der Waals surface area contributed by atoms with Gasteiger partial charge in [-0.3, -0.25) is 0 Å². The summed E-state index contributed by atoms with van der Waals surface area (Å²) in [5, 5.41) is 9.36. The molecule has 0 saturated carbocycles. The molecule has 2 heteroatoms. The molecule has 1 rings (SSSR count). The van der Waals surface area contributed by atoms with E-state index in [9.17, 15) is 9.90 Å². The fraction of sp³-hybridized carbons (Fsp3) is 0.700. The molecule has 0 amide bonds. The predicted octanol–water partition coefficient (Wildman–Crippen LogP) is 2.74. The minimum Gasteiger partial charge on any atom is -0.512 e. The first-order valence-electron chi connectivity index (χ1n) is 4.68.